The van der Waals surface area contributed by atoms with Gasteiger partial charge in [0.1, 0.15) is 5.75 Å². The molecule has 0 aromatic heterocycles. The number of hydrogen-bond donors (Lipinski definition) is 2. The van der Waals surface area contributed by atoms with Crippen LogP contribution in [0.15, 0.2) is 48.5 Å². The zero-order valence-electron chi connectivity index (χ0n) is 17.8. The number of rotatable bonds is 10. The summed E-state index contributed by atoms with van der Waals surface area (Å²) in [4.78, 5) is 24.0. The fourth-order valence-corrected chi connectivity index (χ4v) is 3.73. The van der Waals surface area contributed by atoms with E-state index in [2.05, 4.69) is 10.6 Å². The average Bonchev–Trinajstić information content (AvgIpc) is 3.24. The Labute approximate surface area is 179 Å². The highest BCUT2D eigenvalue weighted by Crippen LogP contribution is 2.24. The number of amides is 2. The third-order valence-corrected chi connectivity index (χ3v) is 5.32. The fraction of sp³-hybridized carbons (Fsp3) is 0.440. The Balaban J connectivity index is 1.43. The van der Waals surface area contributed by atoms with Gasteiger partial charge in [-0.15, -0.1) is 0 Å². The predicted molar refractivity (Wildman–Crippen MR) is 119 cm³/mol. The molecule has 160 valence electrons. The summed E-state index contributed by atoms with van der Waals surface area (Å²) in [6.45, 7) is 2.42. The zero-order valence-corrected chi connectivity index (χ0v) is 17.8. The van der Waals surface area contributed by atoms with E-state index in [4.69, 9.17) is 4.74 Å². The van der Waals surface area contributed by atoms with Gasteiger partial charge in [0, 0.05) is 25.1 Å². The molecule has 0 unspecified atom stereocenters. The van der Waals surface area contributed by atoms with Crippen molar-refractivity contribution in [3.05, 3.63) is 59.7 Å². The van der Waals surface area contributed by atoms with Gasteiger partial charge in [0.2, 0.25) is 11.8 Å². The quantitative estimate of drug-likeness (QED) is 0.582. The van der Waals surface area contributed by atoms with Crippen molar-refractivity contribution in [3.63, 3.8) is 0 Å². The van der Waals surface area contributed by atoms with Crippen LogP contribution in [-0.2, 0) is 22.6 Å². The van der Waals surface area contributed by atoms with Crippen molar-refractivity contribution < 1.29 is 14.3 Å². The molecule has 0 aliphatic heterocycles. The molecule has 0 spiro atoms. The molecule has 1 aliphatic rings. The summed E-state index contributed by atoms with van der Waals surface area (Å²) in [5.41, 5.74) is 2.84. The molecule has 1 aliphatic carbocycles. The average molecular weight is 409 g/mol. The van der Waals surface area contributed by atoms with E-state index in [1.807, 2.05) is 55.5 Å². The van der Waals surface area contributed by atoms with E-state index in [1.54, 1.807) is 0 Å². The summed E-state index contributed by atoms with van der Waals surface area (Å²) >= 11 is 0. The summed E-state index contributed by atoms with van der Waals surface area (Å²) in [6.07, 6.45) is 7.54. The maximum Gasteiger partial charge on any atom is 0.224 e. The maximum atomic E-state index is 12.3. The second-order valence-electron chi connectivity index (χ2n) is 7.95. The Morgan fingerprint density at radius 1 is 0.967 bits per heavy atom. The lowest BCUT2D eigenvalue weighted by Crippen LogP contribution is -2.23. The van der Waals surface area contributed by atoms with Gasteiger partial charge in [-0.25, -0.2) is 0 Å². The lowest BCUT2D eigenvalue weighted by atomic mass is 10.1. The van der Waals surface area contributed by atoms with Gasteiger partial charge < -0.3 is 15.4 Å². The summed E-state index contributed by atoms with van der Waals surface area (Å²) in [5, 5.41) is 5.85. The molecule has 0 radical (unpaired) electrons. The Morgan fingerprint density at radius 2 is 1.73 bits per heavy atom. The van der Waals surface area contributed by atoms with Crippen LogP contribution >= 0.6 is 0 Å². The lowest BCUT2D eigenvalue weighted by Gasteiger charge is -2.14. The first-order valence-corrected chi connectivity index (χ1v) is 11.0. The Bertz CT molecular complexity index is 844. The van der Waals surface area contributed by atoms with Crippen LogP contribution in [0.5, 0.6) is 5.75 Å². The highest BCUT2D eigenvalue weighted by molar-refractivity contribution is 5.90. The molecule has 0 bridgehead atoms. The van der Waals surface area contributed by atoms with Crippen LogP contribution in [0.25, 0.3) is 0 Å². The highest BCUT2D eigenvalue weighted by Gasteiger charge is 2.16. The first kappa shape index (κ1) is 21.9. The minimum atomic E-state index is 0.0116. The number of hydrogen-bond acceptors (Lipinski definition) is 3. The van der Waals surface area contributed by atoms with E-state index < -0.39 is 0 Å². The van der Waals surface area contributed by atoms with E-state index in [0.717, 1.165) is 41.8 Å². The molecule has 2 aromatic carbocycles. The molecule has 5 nitrogen and oxygen atoms in total. The Hall–Kier alpha value is -2.82. The molecule has 0 saturated heterocycles. The predicted octanol–water partition coefficient (Wildman–Crippen LogP) is 5.00. The number of benzene rings is 2. The van der Waals surface area contributed by atoms with E-state index in [-0.39, 0.29) is 11.8 Å². The molecular weight excluding hydrogens is 376 g/mol. The number of carbonyl (C=O) groups is 2. The number of nitrogens with one attached hydrogen (secondary N) is 2. The summed E-state index contributed by atoms with van der Waals surface area (Å²) in [6, 6.07) is 15.7. The van der Waals surface area contributed by atoms with Gasteiger partial charge in [-0.05, 0) is 73.9 Å². The van der Waals surface area contributed by atoms with Crippen molar-refractivity contribution in [3.8, 4) is 5.75 Å². The SMILES string of the molecule is CCCC(=O)Nc1cccc(CNC(=O)CCc2cccc(OC3CCCC3)c2)c1. The molecule has 2 amide bonds. The van der Waals surface area contributed by atoms with Crippen LogP contribution in [0.1, 0.15) is 63.0 Å². The number of ether oxygens (including phenoxy) is 1. The molecule has 1 saturated carbocycles. The van der Waals surface area contributed by atoms with E-state index >= 15 is 0 Å². The van der Waals surface area contributed by atoms with Crippen molar-refractivity contribution in [2.75, 3.05) is 5.32 Å². The van der Waals surface area contributed by atoms with Gasteiger partial charge in [-0.3, -0.25) is 9.59 Å². The minimum absolute atomic E-state index is 0.0116. The van der Waals surface area contributed by atoms with Crippen LogP contribution in [0.4, 0.5) is 5.69 Å². The second kappa shape index (κ2) is 11.4. The van der Waals surface area contributed by atoms with E-state index in [9.17, 15) is 9.59 Å². The van der Waals surface area contributed by atoms with Gasteiger partial charge in [0.05, 0.1) is 6.10 Å². The topological polar surface area (TPSA) is 67.4 Å². The molecule has 5 heteroatoms. The van der Waals surface area contributed by atoms with Crippen LogP contribution in [0.2, 0.25) is 0 Å². The van der Waals surface area contributed by atoms with Gasteiger partial charge in [0.25, 0.3) is 0 Å². The summed E-state index contributed by atoms with van der Waals surface area (Å²) in [7, 11) is 0. The van der Waals surface area contributed by atoms with Gasteiger partial charge in [-0.2, -0.15) is 0 Å². The van der Waals surface area contributed by atoms with Crippen molar-refractivity contribution in [1.82, 2.24) is 5.32 Å². The maximum absolute atomic E-state index is 12.3. The Kier molecular flexibility index (Phi) is 8.30. The van der Waals surface area contributed by atoms with Crippen molar-refractivity contribution >= 4 is 17.5 Å². The zero-order chi connectivity index (χ0) is 21.2. The van der Waals surface area contributed by atoms with Crippen LogP contribution in [0.3, 0.4) is 0 Å². The number of aryl methyl sites for hydroxylation is 1. The van der Waals surface area contributed by atoms with Crippen LogP contribution < -0.4 is 15.4 Å². The smallest absolute Gasteiger partial charge is 0.224 e. The van der Waals surface area contributed by atoms with E-state index in [1.165, 1.54) is 12.8 Å². The van der Waals surface area contributed by atoms with Gasteiger partial charge in [-0.1, -0.05) is 31.2 Å². The fourth-order valence-electron chi connectivity index (χ4n) is 3.73. The van der Waals surface area contributed by atoms with Gasteiger partial charge in [0.15, 0.2) is 0 Å². The normalized spacial score (nSPS) is 13.8. The van der Waals surface area contributed by atoms with Crippen molar-refractivity contribution in [2.45, 2.75) is 70.9 Å². The Morgan fingerprint density at radius 3 is 2.53 bits per heavy atom. The summed E-state index contributed by atoms with van der Waals surface area (Å²) < 4.78 is 6.05. The highest BCUT2D eigenvalue weighted by atomic mass is 16.5. The first-order valence-electron chi connectivity index (χ1n) is 11.0. The lowest BCUT2D eigenvalue weighted by molar-refractivity contribution is -0.121. The minimum Gasteiger partial charge on any atom is -0.490 e. The largest absolute Gasteiger partial charge is 0.490 e. The molecule has 0 atom stereocenters. The van der Waals surface area contributed by atoms with Crippen LogP contribution in [0, 0.1) is 0 Å². The third kappa shape index (κ3) is 7.21. The van der Waals surface area contributed by atoms with Crippen molar-refractivity contribution in [1.29, 1.82) is 0 Å². The number of anilines is 1. The molecule has 0 heterocycles. The number of carbonyl (C=O) groups excluding carboxylic acids is 2. The molecule has 2 aromatic rings. The molecule has 2 N–H and O–H groups in total. The second-order valence-corrected chi connectivity index (χ2v) is 7.95. The monoisotopic (exact) mass is 408 g/mol. The molecule has 30 heavy (non-hydrogen) atoms. The van der Waals surface area contributed by atoms with Gasteiger partial charge >= 0.3 is 0 Å². The molecular formula is C25H32N2O3. The van der Waals surface area contributed by atoms with E-state index in [0.29, 0.717) is 31.9 Å². The van der Waals surface area contributed by atoms with Crippen molar-refractivity contribution in [2.24, 2.45) is 0 Å². The van der Waals surface area contributed by atoms with Crippen LogP contribution in [-0.4, -0.2) is 17.9 Å². The molecule has 3 rings (SSSR count). The summed E-state index contributed by atoms with van der Waals surface area (Å²) in [5.74, 6) is 0.928. The standard InChI is InChI=1S/C25H32N2O3/c1-2-7-25(29)27-21-10-5-9-20(16-21)18-26-24(28)15-14-19-8-6-13-23(17-19)30-22-11-3-4-12-22/h5-6,8-10,13,16-17,22H,2-4,7,11-12,14-15,18H2,1H3,(H,26,28)(H,27,29). The third-order valence-electron chi connectivity index (χ3n) is 5.32. The first-order chi connectivity index (χ1) is 14.6. The molecule has 1 fully saturated rings.